The van der Waals surface area contributed by atoms with Crippen molar-refractivity contribution in [2.45, 2.75) is 39.2 Å². The van der Waals surface area contributed by atoms with Gasteiger partial charge < -0.3 is 10.2 Å². The smallest absolute Gasteiger partial charge is 0.132 e. The average Bonchev–Trinajstić information content (AvgIpc) is 2.34. The van der Waals surface area contributed by atoms with Gasteiger partial charge in [-0.25, -0.2) is 4.98 Å². The predicted octanol–water partition coefficient (Wildman–Crippen LogP) is 3.58. The first-order chi connectivity index (χ1) is 9.20. The fraction of sp³-hybridized carbons (Fsp3) is 0.667. The van der Waals surface area contributed by atoms with Gasteiger partial charge in [-0.05, 0) is 53.7 Å². The van der Waals surface area contributed by atoms with E-state index in [1.807, 2.05) is 6.20 Å². The van der Waals surface area contributed by atoms with Crippen LogP contribution in [0.4, 0.5) is 5.82 Å². The van der Waals surface area contributed by atoms with Gasteiger partial charge in [0, 0.05) is 36.4 Å². The van der Waals surface area contributed by atoms with Gasteiger partial charge in [0.1, 0.15) is 5.82 Å². The van der Waals surface area contributed by atoms with Gasteiger partial charge in [-0.1, -0.05) is 13.3 Å². The molecule has 0 unspecified atom stereocenters. The molecule has 0 radical (unpaired) electrons. The Morgan fingerprint density at radius 1 is 1.47 bits per heavy atom. The first-order valence-corrected chi connectivity index (χ1v) is 8.06. The van der Waals surface area contributed by atoms with Crippen molar-refractivity contribution in [3.63, 3.8) is 0 Å². The zero-order valence-corrected chi connectivity index (χ0v) is 13.5. The maximum absolute atomic E-state index is 4.61. The van der Waals surface area contributed by atoms with Crippen molar-refractivity contribution in [1.82, 2.24) is 10.3 Å². The number of hydrogen-bond donors (Lipinski definition) is 1. The summed E-state index contributed by atoms with van der Waals surface area (Å²) < 4.78 is 1.06. The normalized spacial score (nSPS) is 15.3. The summed E-state index contributed by atoms with van der Waals surface area (Å²) in [5.74, 6) is 1.99. The lowest BCUT2D eigenvalue weighted by Gasteiger charge is -2.31. The van der Waals surface area contributed by atoms with Crippen molar-refractivity contribution in [2.24, 2.45) is 5.92 Å². The summed E-state index contributed by atoms with van der Waals surface area (Å²) in [6, 6.07) is 2.18. The number of rotatable bonds is 7. The minimum Gasteiger partial charge on any atom is -0.359 e. The summed E-state index contributed by atoms with van der Waals surface area (Å²) in [5, 5.41) is 3.47. The molecule has 1 heterocycles. The van der Waals surface area contributed by atoms with Gasteiger partial charge in [0.15, 0.2) is 0 Å². The highest BCUT2D eigenvalue weighted by atomic mass is 79.9. The minimum absolute atomic E-state index is 0.867. The maximum atomic E-state index is 4.61. The van der Waals surface area contributed by atoms with E-state index in [4.69, 9.17) is 0 Å². The molecule has 0 spiro atoms. The van der Waals surface area contributed by atoms with E-state index < -0.39 is 0 Å². The number of nitrogens with one attached hydrogen (secondary N) is 1. The van der Waals surface area contributed by atoms with Gasteiger partial charge in [-0.3, -0.25) is 0 Å². The SMILES string of the molecule is CCCNCc1cc(Br)cnc1N(C)CC1CCC1. The Bertz CT molecular complexity index is 404. The van der Waals surface area contributed by atoms with Crippen LogP contribution in [-0.4, -0.2) is 25.1 Å². The van der Waals surface area contributed by atoms with Crippen molar-refractivity contribution in [3.05, 3.63) is 22.3 Å². The van der Waals surface area contributed by atoms with Crippen LogP contribution in [0.5, 0.6) is 0 Å². The van der Waals surface area contributed by atoms with Gasteiger partial charge in [-0.2, -0.15) is 0 Å². The molecule has 1 aliphatic carbocycles. The number of pyridine rings is 1. The van der Waals surface area contributed by atoms with Crippen molar-refractivity contribution in [3.8, 4) is 0 Å². The van der Waals surface area contributed by atoms with Crippen molar-refractivity contribution < 1.29 is 0 Å². The third-order valence-corrected chi connectivity index (χ3v) is 4.20. The van der Waals surface area contributed by atoms with E-state index in [0.717, 1.165) is 42.3 Å². The van der Waals surface area contributed by atoms with Crippen LogP contribution in [0.25, 0.3) is 0 Å². The zero-order chi connectivity index (χ0) is 13.7. The van der Waals surface area contributed by atoms with Gasteiger partial charge in [0.25, 0.3) is 0 Å². The lowest BCUT2D eigenvalue weighted by molar-refractivity contribution is 0.321. The van der Waals surface area contributed by atoms with Crippen molar-refractivity contribution in [1.29, 1.82) is 0 Å². The first kappa shape index (κ1) is 14.8. The molecule has 0 saturated heterocycles. The first-order valence-electron chi connectivity index (χ1n) is 7.27. The molecule has 1 aliphatic rings. The van der Waals surface area contributed by atoms with Gasteiger partial charge in [-0.15, -0.1) is 0 Å². The molecule has 0 aromatic carbocycles. The molecular formula is C15H24BrN3. The van der Waals surface area contributed by atoms with Gasteiger partial charge in [0.05, 0.1) is 0 Å². The minimum atomic E-state index is 0.867. The largest absolute Gasteiger partial charge is 0.359 e. The Labute approximate surface area is 124 Å². The Balaban J connectivity index is 2.03. The number of nitrogens with zero attached hydrogens (tertiary/aromatic N) is 2. The zero-order valence-electron chi connectivity index (χ0n) is 12.0. The van der Waals surface area contributed by atoms with Crippen LogP contribution < -0.4 is 10.2 Å². The molecular weight excluding hydrogens is 302 g/mol. The molecule has 106 valence electrons. The van der Waals surface area contributed by atoms with E-state index in [-0.39, 0.29) is 0 Å². The highest BCUT2D eigenvalue weighted by Crippen LogP contribution is 2.29. The number of aromatic nitrogens is 1. The fourth-order valence-corrected chi connectivity index (χ4v) is 2.88. The van der Waals surface area contributed by atoms with Gasteiger partial charge in [0.2, 0.25) is 0 Å². The molecule has 1 aromatic rings. The summed E-state index contributed by atoms with van der Waals surface area (Å²) in [6.45, 7) is 5.27. The summed E-state index contributed by atoms with van der Waals surface area (Å²) in [7, 11) is 2.16. The summed E-state index contributed by atoms with van der Waals surface area (Å²) in [6.07, 6.45) is 7.22. The Morgan fingerprint density at radius 2 is 2.26 bits per heavy atom. The molecule has 1 aromatic heterocycles. The van der Waals surface area contributed by atoms with Crippen molar-refractivity contribution >= 4 is 21.7 Å². The number of halogens is 1. The topological polar surface area (TPSA) is 28.2 Å². The third kappa shape index (κ3) is 4.18. The van der Waals surface area contributed by atoms with E-state index in [1.165, 1.54) is 24.8 Å². The number of hydrogen-bond acceptors (Lipinski definition) is 3. The lowest BCUT2D eigenvalue weighted by Crippen LogP contribution is -2.31. The molecule has 0 aliphatic heterocycles. The van der Waals surface area contributed by atoms with Crippen LogP contribution in [0.2, 0.25) is 0 Å². The van der Waals surface area contributed by atoms with Crippen molar-refractivity contribution in [2.75, 3.05) is 25.0 Å². The van der Waals surface area contributed by atoms with E-state index in [9.17, 15) is 0 Å². The van der Waals surface area contributed by atoms with Crippen LogP contribution in [0.3, 0.4) is 0 Å². The molecule has 1 fully saturated rings. The van der Waals surface area contributed by atoms with E-state index >= 15 is 0 Å². The van der Waals surface area contributed by atoms with Crippen LogP contribution in [0, 0.1) is 5.92 Å². The molecule has 1 N–H and O–H groups in total. The summed E-state index contributed by atoms with van der Waals surface area (Å²) in [5.41, 5.74) is 1.28. The molecule has 3 nitrogen and oxygen atoms in total. The molecule has 0 amide bonds. The van der Waals surface area contributed by atoms with Crippen LogP contribution in [0.1, 0.15) is 38.2 Å². The molecule has 0 bridgehead atoms. The highest BCUT2D eigenvalue weighted by Gasteiger charge is 2.20. The second kappa shape index (κ2) is 7.25. The Hall–Kier alpha value is -0.610. The molecule has 19 heavy (non-hydrogen) atoms. The second-order valence-corrected chi connectivity index (χ2v) is 6.41. The fourth-order valence-electron chi connectivity index (χ4n) is 2.50. The molecule has 0 atom stereocenters. The lowest BCUT2D eigenvalue weighted by atomic mass is 9.85. The Morgan fingerprint density at radius 3 is 2.89 bits per heavy atom. The van der Waals surface area contributed by atoms with Crippen LogP contribution in [0.15, 0.2) is 16.7 Å². The maximum Gasteiger partial charge on any atom is 0.132 e. The van der Waals surface area contributed by atoms with E-state index in [2.05, 4.69) is 51.2 Å². The summed E-state index contributed by atoms with van der Waals surface area (Å²) >= 11 is 3.52. The molecule has 2 rings (SSSR count). The number of anilines is 1. The molecule has 4 heteroatoms. The quantitative estimate of drug-likeness (QED) is 0.776. The van der Waals surface area contributed by atoms with Gasteiger partial charge >= 0.3 is 0 Å². The average molecular weight is 326 g/mol. The summed E-state index contributed by atoms with van der Waals surface area (Å²) in [4.78, 5) is 6.93. The highest BCUT2D eigenvalue weighted by molar-refractivity contribution is 9.10. The third-order valence-electron chi connectivity index (χ3n) is 3.77. The second-order valence-electron chi connectivity index (χ2n) is 5.49. The van der Waals surface area contributed by atoms with Crippen LogP contribution in [-0.2, 0) is 6.54 Å². The Kier molecular flexibility index (Phi) is 5.64. The predicted molar refractivity (Wildman–Crippen MR) is 84.5 cm³/mol. The van der Waals surface area contributed by atoms with E-state index in [0.29, 0.717) is 0 Å². The molecule has 1 saturated carbocycles. The standard InChI is InChI=1S/C15H24BrN3/c1-3-7-17-9-13-8-14(16)10-18-15(13)19(2)11-12-5-4-6-12/h8,10,12,17H,3-7,9,11H2,1-2H3. The monoisotopic (exact) mass is 325 g/mol. The van der Waals surface area contributed by atoms with Crippen LogP contribution >= 0.6 is 15.9 Å². The van der Waals surface area contributed by atoms with E-state index in [1.54, 1.807) is 0 Å².